The molecule has 4 saturated carbocycles. The lowest BCUT2D eigenvalue weighted by Crippen LogP contribution is -2.52. The molecule has 4 rings (SSSR count). The molecule has 4 aliphatic rings. The fraction of sp³-hybridized carbons (Fsp3) is 0.882. The average Bonchev–Trinajstić information content (AvgIpc) is 2.35. The topological polar surface area (TPSA) is 12.0 Å². The lowest BCUT2D eigenvalue weighted by Gasteiger charge is -2.56. The first-order valence-electron chi connectivity index (χ1n) is 7.88. The predicted molar refractivity (Wildman–Crippen MR) is 76.1 cm³/mol. The van der Waals surface area contributed by atoms with Crippen LogP contribution in [0.1, 0.15) is 51.9 Å². The van der Waals surface area contributed by atoms with E-state index in [-0.39, 0.29) is 0 Å². The maximum absolute atomic E-state index is 3.62. The molecule has 1 unspecified atom stereocenters. The molecule has 0 radical (unpaired) electrons. The van der Waals surface area contributed by atoms with Crippen LogP contribution in [0.4, 0.5) is 0 Å². The summed E-state index contributed by atoms with van der Waals surface area (Å²) in [5.41, 5.74) is 0. The minimum Gasteiger partial charge on any atom is -0.317 e. The van der Waals surface area contributed by atoms with Gasteiger partial charge in [-0.25, -0.2) is 0 Å². The Hall–Kier alpha value is -0.480. The molecule has 4 aliphatic carbocycles. The molecule has 0 aliphatic heterocycles. The van der Waals surface area contributed by atoms with Crippen molar-refractivity contribution in [2.75, 3.05) is 7.05 Å². The summed E-state index contributed by atoms with van der Waals surface area (Å²) in [6.07, 6.45) is 10.0. The summed E-state index contributed by atoms with van der Waals surface area (Å²) in [4.78, 5) is 0. The molecule has 1 nitrogen and oxygen atoms in total. The minimum absolute atomic E-state index is 0.723. The van der Waals surface area contributed by atoms with Crippen molar-refractivity contribution in [1.82, 2.24) is 5.32 Å². The molecule has 0 aromatic carbocycles. The second kappa shape index (κ2) is 5.25. The Morgan fingerprint density at radius 3 is 2.17 bits per heavy atom. The third-order valence-corrected chi connectivity index (χ3v) is 5.89. The standard InChI is InChI=1S/C17H27N/c1-3-4-5-6-16(18-2)17-14-8-12-7-13(10-14)11-15(17)9-12/h12-18H,5-11H2,1-2H3. The average molecular weight is 245 g/mol. The molecule has 18 heavy (non-hydrogen) atoms. The second-order valence-corrected chi connectivity index (χ2v) is 6.87. The first-order chi connectivity index (χ1) is 8.81. The predicted octanol–water partition coefficient (Wildman–Crippen LogP) is 3.45. The molecule has 0 heterocycles. The van der Waals surface area contributed by atoms with E-state index >= 15 is 0 Å². The van der Waals surface area contributed by atoms with Crippen LogP contribution in [0.2, 0.25) is 0 Å². The zero-order valence-corrected chi connectivity index (χ0v) is 11.9. The van der Waals surface area contributed by atoms with E-state index in [1.165, 1.54) is 32.1 Å². The van der Waals surface area contributed by atoms with Crippen LogP contribution in [-0.2, 0) is 0 Å². The number of rotatable bonds is 4. The SMILES string of the molecule is CC#CCCC(NC)C1C2CC3CC(C2)CC1C3. The highest BCUT2D eigenvalue weighted by atomic mass is 14.9. The molecule has 0 aromatic rings. The van der Waals surface area contributed by atoms with Crippen LogP contribution in [0, 0.1) is 41.4 Å². The normalized spacial score (nSPS) is 42.4. The number of hydrogen-bond acceptors (Lipinski definition) is 1. The van der Waals surface area contributed by atoms with Crippen molar-refractivity contribution < 1.29 is 0 Å². The van der Waals surface area contributed by atoms with E-state index in [0.29, 0.717) is 0 Å². The molecule has 0 aromatic heterocycles. The Morgan fingerprint density at radius 2 is 1.67 bits per heavy atom. The molecule has 1 N–H and O–H groups in total. The smallest absolute Gasteiger partial charge is 0.0107 e. The maximum Gasteiger partial charge on any atom is 0.0107 e. The van der Waals surface area contributed by atoms with Crippen molar-refractivity contribution in [2.24, 2.45) is 29.6 Å². The van der Waals surface area contributed by atoms with Gasteiger partial charge < -0.3 is 5.32 Å². The highest BCUT2D eigenvalue weighted by molar-refractivity contribution is 5.03. The van der Waals surface area contributed by atoms with Gasteiger partial charge in [0.25, 0.3) is 0 Å². The summed E-state index contributed by atoms with van der Waals surface area (Å²) in [7, 11) is 2.16. The minimum atomic E-state index is 0.723. The van der Waals surface area contributed by atoms with Gasteiger partial charge in [-0.1, -0.05) is 0 Å². The van der Waals surface area contributed by atoms with E-state index in [1.54, 1.807) is 6.42 Å². The Balaban J connectivity index is 1.68. The molecule has 100 valence electrons. The molecule has 4 fully saturated rings. The second-order valence-electron chi connectivity index (χ2n) is 6.87. The highest BCUT2D eigenvalue weighted by Crippen LogP contribution is 2.57. The van der Waals surface area contributed by atoms with Crippen molar-refractivity contribution in [3.8, 4) is 11.8 Å². The largest absolute Gasteiger partial charge is 0.317 e. The summed E-state index contributed by atoms with van der Waals surface area (Å²) < 4.78 is 0. The fourth-order valence-corrected chi connectivity index (χ4v) is 5.51. The van der Waals surface area contributed by atoms with Crippen LogP contribution >= 0.6 is 0 Å². The molecule has 4 bridgehead atoms. The van der Waals surface area contributed by atoms with Gasteiger partial charge in [-0.05, 0) is 82.1 Å². The third kappa shape index (κ3) is 2.21. The number of nitrogens with one attached hydrogen (secondary N) is 1. The molecular weight excluding hydrogens is 218 g/mol. The monoisotopic (exact) mass is 245 g/mol. The quantitative estimate of drug-likeness (QED) is 0.748. The zero-order valence-electron chi connectivity index (χ0n) is 11.9. The van der Waals surface area contributed by atoms with E-state index in [2.05, 4.69) is 24.2 Å². The Kier molecular flexibility index (Phi) is 3.66. The van der Waals surface area contributed by atoms with Crippen molar-refractivity contribution in [2.45, 2.75) is 57.9 Å². The van der Waals surface area contributed by atoms with E-state index in [4.69, 9.17) is 0 Å². The Morgan fingerprint density at radius 1 is 1.06 bits per heavy atom. The van der Waals surface area contributed by atoms with Crippen LogP contribution in [0.25, 0.3) is 0 Å². The van der Waals surface area contributed by atoms with Crippen LogP contribution in [0.5, 0.6) is 0 Å². The van der Waals surface area contributed by atoms with E-state index in [9.17, 15) is 0 Å². The fourth-order valence-electron chi connectivity index (χ4n) is 5.51. The molecule has 1 atom stereocenters. The first kappa shape index (κ1) is 12.5. The summed E-state index contributed by atoms with van der Waals surface area (Å²) in [6, 6.07) is 0.723. The van der Waals surface area contributed by atoms with E-state index in [0.717, 1.165) is 42.1 Å². The van der Waals surface area contributed by atoms with Crippen LogP contribution in [-0.4, -0.2) is 13.1 Å². The molecule has 0 saturated heterocycles. The van der Waals surface area contributed by atoms with Crippen molar-refractivity contribution in [1.29, 1.82) is 0 Å². The van der Waals surface area contributed by atoms with Gasteiger partial charge in [0.1, 0.15) is 0 Å². The molecular formula is C17H27N. The molecule has 1 heteroatoms. The van der Waals surface area contributed by atoms with Crippen molar-refractivity contribution >= 4 is 0 Å². The summed E-state index contributed by atoms with van der Waals surface area (Å²) in [5.74, 6) is 11.5. The van der Waals surface area contributed by atoms with Crippen molar-refractivity contribution in [3.63, 3.8) is 0 Å². The van der Waals surface area contributed by atoms with Gasteiger partial charge >= 0.3 is 0 Å². The zero-order chi connectivity index (χ0) is 12.5. The third-order valence-electron chi connectivity index (χ3n) is 5.89. The first-order valence-corrected chi connectivity index (χ1v) is 7.88. The molecule has 0 amide bonds. The van der Waals surface area contributed by atoms with E-state index < -0.39 is 0 Å². The lowest BCUT2D eigenvalue weighted by molar-refractivity contribution is -0.0517. The summed E-state index contributed by atoms with van der Waals surface area (Å²) in [5, 5.41) is 3.62. The van der Waals surface area contributed by atoms with E-state index in [1.807, 2.05) is 6.92 Å². The highest BCUT2D eigenvalue weighted by Gasteiger charge is 2.49. The van der Waals surface area contributed by atoms with Gasteiger partial charge in [0.2, 0.25) is 0 Å². The van der Waals surface area contributed by atoms with Crippen LogP contribution < -0.4 is 5.32 Å². The summed E-state index contributed by atoms with van der Waals surface area (Å²) >= 11 is 0. The lowest BCUT2D eigenvalue weighted by atomic mass is 9.50. The maximum atomic E-state index is 3.62. The van der Waals surface area contributed by atoms with Crippen LogP contribution in [0.3, 0.4) is 0 Å². The number of hydrogen-bond donors (Lipinski definition) is 1. The van der Waals surface area contributed by atoms with Gasteiger partial charge in [-0.2, -0.15) is 0 Å². The Labute approximate surface area is 112 Å². The van der Waals surface area contributed by atoms with Gasteiger partial charge in [-0.15, -0.1) is 11.8 Å². The molecule has 0 spiro atoms. The Bertz CT molecular complexity index is 320. The van der Waals surface area contributed by atoms with Gasteiger partial charge in [0.05, 0.1) is 0 Å². The summed E-state index contributed by atoms with van der Waals surface area (Å²) in [6.45, 7) is 1.96. The van der Waals surface area contributed by atoms with Gasteiger partial charge in [-0.3, -0.25) is 0 Å². The van der Waals surface area contributed by atoms with Gasteiger partial charge in [0, 0.05) is 12.5 Å². The van der Waals surface area contributed by atoms with Crippen molar-refractivity contribution in [3.05, 3.63) is 0 Å². The van der Waals surface area contributed by atoms with Gasteiger partial charge in [0.15, 0.2) is 0 Å². The van der Waals surface area contributed by atoms with Crippen LogP contribution in [0.15, 0.2) is 0 Å².